The van der Waals surface area contributed by atoms with E-state index in [9.17, 15) is 4.79 Å². The highest BCUT2D eigenvalue weighted by Crippen LogP contribution is 2.30. The third-order valence-corrected chi connectivity index (χ3v) is 3.60. The van der Waals surface area contributed by atoms with Crippen LogP contribution in [0.25, 0.3) is 0 Å². The average molecular weight is 259 g/mol. The molecule has 2 rings (SSSR count). The summed E-state index contributed by atoms with van der Waals surface area (Å²) in [6.07, 6.45) is 0.801. The molecule has 0 aromatic heterocycles. The van der Waals surface area contributed by atoms with Crippen molar-refractivity contribution >= 4 is 34.8 Å². The molecule has 1 fully saturated rings. The van der Waals surface area contributed by atoms with Gasteiger partial charge in [0, 0.05) is 18.8 Å². The van der Waals surface area contributed by atoms with E-state index in [4.69, 9.17) is 28.9 Å². The van der Waals surface area contributed by atoms with Gasteiger partial charge in [-0.25, -0.2) is 0 Å². The van der Waals surface area contributed by atoms with E-state index in [-0.39, 0.29) is 11.8 Å². The minimum absolute atomic E-state index is 0.0607. The molecule has 1 atom stereocenters. The molecule has 2 N–H and O–H groups in total. The number of primary amides is 1. The molecule has 1 saturated heterocycles. The number of carbonyl (C=O) groups excluding carboxylic acids is 1. The van der Waals surface area contributed by atoms with Crippen molar-refractivity contribution in [2.45, 2.75) is 6.42 Å². The molecule has 3 nitrogen and oxygen atoms in total. The zero-order valence-electron chi connectivity index (χ0n) is 8.62. The van der Waals surface area contributed by atoms with E-state index in [1.54, 1.807) is 6.07 Å². The molecule has 0 spiro atoms. The maximum absolute atomic E-state index is 11.0. The summed E-state index contributed by atoms with van der Waals surface area (Å²) >= 11 is 11.8. The van der Waals surface area contributed by atoms with Gasteiger partial charge in [-0.2, -0.15) is 0 Å². The maximum atomic E-state index is 11.0. The predicted octanol–water partition coefficient (Wildman–Crippen LogP) is 2.30. The van der Waals surface area contributed by atoms with E-state index in [1.807, 2.05) is 12.1 Å². The largest absolute Gasteiger partial charge is 0.371 e. The lowest BCUT2D eigenvalue weighted by Gasteiger charge is -2.18. The number of amides is 1. The lowest BCUT2D eigenvalue weighted by atomic mass is 10.1. The van der Waals surface area contributed by atoms with Gasteiger partial charge in [0.2, 0.25) is 5.91 Å². The summed E-state index contributed by atoms with van der Waals surface area (Å²) in [5.74, 6) is -0.294. The summed E-state index contributed by atoms with van der Waals surface area (Å²) in [7, 11) is 0. The van der Waals surface area contributed by atoms with E-state index in [0.29, 0.717) is 16.6 Å². The van der Waals surface area contributed by atoms with Crippen LogP contribution in [0.15, 0.2) is 18.2 Å². The van der Waals surface area contributed by atoms with Crippen LogP contribution < -0.4 is 10.6 Å². The SMILES string of the molecule is NC(=O)C1CCN(c2ccc(Cl)c(Cl)c2)C1. The molecular weight excluding hydrogens is 247 g/mol. The fourth-order valence-electron chi connectivity index (χ4n) is 1.91. The molecule has 0 aliphatic carbocycles. The first-order chi connectivity index (χ1) is 7.58. The Hall–Kier alpha value is -0.930. The van der Waals surface area contributed by atoms with E-state index in [2.05, 4.69) is 4.90 Å². The second kappa shape index (κ2) is 4.52. The smallest absolute Gasteiger partial charge is 0.222 e. The van der Waals surface area contributed by atoms with Gasteiger partial charge >= 0.3 is 0 Å². The van der Waals surface area contributed by atoms with Crippen molar-refractivity contribution in [2.75, 3.05) is 18.0 Å². The number of benzene rings is 1. The lowest BCUT2D eigenvalue weighted by molar-refractivity contribution is -0.121. The Morgan fingerprint density at radius 1 is 1.38 bits per heavy atom. The lowest BCUT2D eigenvalue weighted by Crippen LogP contribution is -2.27. The van der Waals surface area contributed by atoms with Crippen molar-refractivity contribution in [3.63, 3.8) is 0 Å². The number of nitrogens with two attached hydrogens (primary N) is 1. The number of hydrogen-bond donors (Lipinski definition) is 1. The Bertz CT molecular complexity index is 422. The van der Waals surface area contributed by atoms with Crippen LogP contribution in [0.3, 0.4) is 0 Å². The molecule has 0 bridgehead atoms. The zero-order chi connectivity index (χ0) is 11.7. The number of carbonyl (C=O) groups is 1. The van der Waals surface area contributed by atoms with Crippen LogP contribution in [-0.4, -0.2) is 19.0 Å². The van der Waals surface area contributed by atoms with Crippen molar-refractivity contribution in [3.05, 3.63) is 28.2 Å². The number of anilines is 1. The van der Waals surface area contributed by atoms with Gasteiger partial charge in [0.05, 0.1) is 16.0 Å². The standard InChI is InChI=1S/C11H12Cl2N2O/c12-9-2-1-8(5-10(9)13)15-4-3-7(6-15)11(14)16/h1-2,5,7H,3-4,6H2,(H2,14,16). The Balaban J connectivity index is 2.14. The first kappa shape index (κ1) is 11.6. The van der Waals surface area contributed by atoms with Gasteiger partial charge in [-0.05, 0) is 24.6 Å². The second-order valence-electron chi connectivity index (χ2n) is 3.93. The number of hydrogen-bond acceptors (Lipinski definition) is 2. The molecule has 0 saturated carbocycles. The third-order valence-electron chi connectivity index (χ3n) is 2.86. The minimum atomic E-state index is -0.234. The summed E-state index contributed by atoms with van der Waals surface area (Å²) in [6, 6.07) is 5.47. The van der Waals surface area contributed by atoms with Crippen LogP contribution in [0.1, 0.15) is 6.42 Å². The van der Waals surface area contributed by atoms with Crippen LogP contribution in [0.5, 0.6) is 0 Å². The highest BCUT2D eigenvalue weighted by Gasteiger charge is 2.26. The number of rotatable bonds is 2. The molecule has 1 amide bonds. The van der Waals surface area contributed by atoms with Crippen molar-refractivity contribution in [1.82, 2.24) is 0 Å². The molecule has 1 aromatic carbocycles. The molecule has 1 aliphatic rings. The van der Waals surface area contributed by atoms with Gasteiger partial charge in [0.25, 0.3) is 0 Å². The fourth-order valence-corrected chi connectivity index (χ4v) is 2.20. The summed E-state index contributed by atoms with van der Waals surface area (Å²) in [6.45, 7) is 1.48. The Morgan fingerprint density at radius 2 is 2.12 bits per heavy atom. The third kappa shape index (κ3) is 2.25. The predicted molar refractivity (Wildman–Crippen MR) is 66.0 cm³/mol. The molecule has 1 aliphatic heterocycles. The summed E-state index contributed by atoms with van der Waals surface area (Å²) in [4.78, 5) is 13.1. The molecule has 86 valence electrons. The van der Waals surface area contributed by atoms with Crippen LogP contribution in [0.2, 0.25) is 10.0 Å². The molecular formula is C11H12Cl2N2O. The van der Waals surface area contributed by atoms with Gasteiger partial charge in [-0.1, -0.05) is 23.2 Å². The average Bonchev–Trinajstić information content (AvgIpc) is 2.71. The van der Waals surface area contributed by atoms with Crippen LogP contribution in [-0.2, 0) is 4.79 Å². The van der Waals surface area contributed by atoms with Gasteiger partial charge in [-0.15, -0.1) is 0 Å². The van der Waals surface area contributed by atoms with Crippen LogP contribution in [0, 0.1) is 5.92 Å². The van der Waals surface area contributed by atoms with E-state index >= 15 is 0 Å². The maximum Gasteiger partial charge on any atom is 0.222 e. The minimum Gasteiger partial charge on any atom is -0.371 e. The molecule has 1 aromatic rings. The molecule has 1 heterocycles. The van der Waals surface area contributed by atoms with Gasteiger partial charge in [0.15, 0.2) is 0 Å². The summed E-state index contributed by atoms with van der Waals surface area (Å²) < 4.78 is 0. The molecule has 16 heavy (non-hydrogen) atoms. The topological polar surface area (TPSA) is 46.3 Å². The fraction of sp³-hybridized carbons (Fsp3) is 0.364. The van der Waals surface area contributed by atoms with E-state index in [1.165, 1.54) is 0 Å². The number of halogens is 2. The second-order valence-corrected chi connectivity index (χ2v) is 4.75. The summed E-state index contributed by atoms with van der Waals surface area (Å²) in [5, 5.41) is 1.07. The van der Waals surface area contributed by atoms with Crippen LogP contribution in [0.4, 0.5) is 5.69 Å². The van der Waals surface area contributed by atoms with Gasteiger partial charge in [0.1, 0.15) is 0 Å². The van der Waals surface area contributed by atoms with Crippen molar-refractivity contribution in [1.29, 1.82) is 0 Å². The molecule has 1 unspecified atom stereocenters. The first-order valence-corrected chi connectivity index (χ1v) is 5.83. The first-order valence-electron chi connectivity index (χ1n) is 5.07. The molecule has 0 radical (unpaired) electrons. The Morgan fingerprint density at radius 3 is 2.69 bits per heavy atom. The van der Waals surface area contributed by atoms with Crippen molar-refractivity contribution < 1.29 is 4.79 Å². The monoisotopic (exact) mass is 258 g/mol. The normalized spacial score (nSPS) is 20.1. The van der Waals surface area contributed by atoms with E-state index < -0.39 is 0 Å². The molecule has 5 heteroatoms. The van der Waals surface area contributed by atoms with Crippen LogP contribution >= 0.6 is 23.2 Å². The highest BCUT2D eigenvalue weighted by molar-refractivity contribution is 6.42. The zero-order valence-corrected chi connectivity index (χ0v) is 10.1. The summed E-state index contributed by atoms with van der Waals surface area (Å²) in [5.41, 5.74) is 6.26. The number of nitrogens with zero attached hydrogens (tertiary/aromatic N) is 1. The van der Waals surface area contributed by atoms with Crippen molar-refractivity contribution in [2.24, 2.45) is 11.7 Å². The van der Waals surface area contributed by atoms with E-state index in [0.717, 1.165) is 18.7 Å². The Labute approximate surface area is 104 Å². The highest BCUT2D eigenvalue weighted by atomic mass is 35.5. The van der Waals surface area contributed by atoms with Crippen molar-refractivity contribution in [3.8, 4) is 0 Å². The quantitative estimate of drug-likeness (QED) is 0.885. The van der Waals surface area contributed by atoms with Gasteiger partial charge < -0.3 is 10.6 Å². The van der Waals surface area contributed by atoms with Gasteiger partial charge in [-0.3, -0.25) is 4.79 Å². The Kier molecular flexibility index (Phi) is 3.26.